The molecule has 0 saturated carbocycles. The number of nitrogens with two attached hydrogens (primary N) is 1. The van der Waals surface area contributed by atoms with Crippen LogP contribution in [0.2, 0.25) is 0 Å². The minimum absolute atomic E-state index is 0.230. The van der Waals surface area contributed by atoms with Gasteiger partial charge in [0, 0.05) is 6.54 Å². The largest absolute Gasteiger partial charge is 0.369 e. The topological polar surface area (TPSA) is 46.3 Å². The minimum Gasteiger partial charge on any atom is -0.369 e. The van der Waals surface area contributed by atoms with Crippen molar-refractivity contribution in [3.63, 3.8) is 0 Å². The molecular weight excluding hydrogens is 200 g/mol. The molecule has 1 aliphatic carbocycles. The van der Waals surface area contributed by atoms with Gasteiger partial charge in [-0.05, 0) is 38.1 Å². The van der Waals surface area contributed by atoms with E-state index < -0.39 is 0 Å². The fraction of sp³-hybridized carbons (Fsp3) is 0.769. The van der Waals surface area contributed by atoms with Crippen molar-refractivity contribution in [3.05, 3.63) is 11.6 Å². The molecule has 0 fully saturated rings. The Bertz CT molecular complexity index is 273. The molecular formula is C13H24N2O. The first kappa shape index (κ1) is 13.2. The van der Waals surface area contributed by atoms with E-state index in [0.29, 0.717) is 18.4 Å². The summed E-state index contributed by atoms with van der Waals surface area (Å²) in [7, 11) is 0. The molecule has 16 heavy (non-hydrogen) atoms. The first-order valence-electron chi connectivity index (χ1n) is 6.21. The van der Waals surface area contributed by atoms with Crippen molar-refractivity contribution >= 4 is 5.91 Å². The van der Waals surface area contributed by atoms with E-state index in [-0.39, 0.29) is 5.91 Å². The van der Waals surface area contributed by atoms with Gasteiger partial charge >= 0.3 is 0 Å². The Balaban J connectivity index is 2.58. The predicted molar refractivity (Wildman–Crippen MR) is 67.0 cm³/mol. The number of carbonyl (C=O) groups is 1. The molecule has 0 aromatic heterocycles. The molecule has 0 heterocycles. The van der Waals surface area contributed by atoms with Crippen molar-refractivity contribution < 1.29 is 4.79 Å². The van der Waals surface area contributed by atoms with Crippen LogP contribution < -0.4 is 5.73 Å². The number of hydrogen-bond donors (Lipinski definition) is 1. The minimum atomic E-state index is -0.230. The number of amides is 1. The molecule has 0 radical (unpaired) electrons. The van der Waals surface area contributed by atoms with Gasteiger partial charge in [-0.2, -0.15) is 0 Å². The first-order valence-corrected chi connectivity index (χ1v) is 6.21. The van der Waals surface area contributed by atoms with E-state index >= 15 is 0 Å². The third-order valence-electron chi connectivity index (χ3n) is 3.64. The second-order valence-corrected chi connectivity index (χ2v) is 4.90. The van der Waals surface area contributed by atoms with Crippen molar-refractivity contribution in [3.8, 4) is 0 Å². The van der Waals surface area contributed by atoms with E-state index in [9.17, 15) is 4.79 Å². The number of likely N-dealkylation sites (N-methyl/N-ethyl adjacent to an activating group) is 1. The highest BCUT2D eigenvalue weighted by Gasteiger charge is 2.24. The molecule has 0 saturated heterocycles. The Labute approximate surface area is 98.7 Å². The Kier molecular flexibility index (Phi) is 5.00. The molecule has 3 heteroatoms. The molecule has 0 unspecified atom stereocenters. The van der Waals surface area contributed by atoms with E-state index in [1.807, 2.05) is 0 Å². The van der Waals surface area contributed by atoms with Gasteiger partial charge in [0.05, 0.1) is 6.54 Å². The number of allylic oxidation sites excluding steroid dienone is 1. The number of rotatable bonds is 5. The van der Waals surface area contributed by atoms with Gasteiger partial charge in [0.15, 0.2) is 0 Å². The summed E-state index contributed by atoms with van der Waals surface area (Å²) < 4.78 is 0. The third kappa shape index (κ3) is 3.63. The quantitative estimate of drug-likeness (QED) is 0.724. The smallest absolute Gasteiger partial charge is 0.231 e. The molecule has 0 aromatic carbocycles. The van der Waals surface area contributed by atoms with Crippen molar-refractivity contribution in [1.82, 2.24) is 4.90 Å². The van der Waals surface area contributed by atoms with Crippen molar-refractivity contribution in [2.75, 3.05) is 19.6 Å². The normalized spacial score (nSPS) is 25.6. The summed E-state index contributed by atoms with van der Waals surface area (Å²) in [6.07, 6.45) is 4.80. The zero-order chi connectivity index (χ0) is 12.1. The summed E-state index contributed by atoms with van der Waals surface area (Å²) in [6, 6.07) is 0. The molecule has 0 bridgehead atoms. The summed E-state index contributed by atoms with van der Waals surface area (Å²) in [5.74, 6) is 1.08. The summed E-state index contributed by atoms with van der Waals surface area (Å²) in [6.45, 7) is 8.82. The zero-order valence-corrected chi connectivity index (χ0v) is 10.7. The molecule has 2 atom stereocenters. The first-order chi connectivity index (χ1) is 7.54. The number of nitrogens with zero attached hydrogens (tertiary/aromatic N) is 1. The number of carbonyl (C=O) groups excluding carboxylic acids is 1. The van der Waals surface area contributed by atoms with Crippen LogP contribution in [0, 0.1) is 11.8 Å². The maximum atomic E-state index is 10.9. The Morgan fingerprint density at radius 1 is 1.62 bits per heavy atom. The van der Waals surface area contributed by atoms with Gasteiger partial charge in [-0.15, -0.1) is 0 Å². The van der Waals surface area contributed by atoms with Gasteiger partial charge in [-0.3, -0.25) is 9.69 Å². The van der Waals surface area contributed by atoms with Crippen LogP contribution in [0.3, 0.4) is 0 Å². The van der Waals surface area contributed by atoms with Crippen LogP contribution in [0.15, 0.2) is 11.6 Å². The lowest BCUT2D eigenvalue weighted by atomic mass is 9.80. The van der Waals surface area contributed by atoms with Crippen LogP contribution in [-0.2, 0) is 4.79 Å². The second-order valence-electron chi connectivity index (χ2n) is 4.90. The van der Waals surface area contributed by atoms with Crippen molar-refractivity contribution in [1.29, 1.82) is 0 Å². The molecule has 1 rings (SSSR count). The fourth-order valence-corrected chi connectivity index (χ4v) is 2.50. The van der Waals surface area contributed by atoms with Gasteiger partial charge in [-0.1, -0.05) is 25.5 Å². The zero-order valence-electron chi connectivity index (χ0n) is 10.7. The maximum absolute atomic E-state index is 10.9. The van der Waals surface area contributed by atoms with Crippen LogP contribution in [0.5, 0.6) is 0 Å². The average Bonchev–Trinajstić information content (AvgIpc) is 2.21. The van der Waals surface area contributed by atoms with E-state index in [1.165, 1.54) is 18.4 Å². The lowest BCUT2D eigenvalue weighted by Gasteiger charge is -2.33. The molecule has 0 aromatic rings. The highest BCUT2D eigenvalue weighted by atomic mass is 16.1. The number of hydrogen-bond acceptors (Lipinski definition) is 2. The highest BCUT2D eigenvalue weighted by Crippen LogP contribution is 2.30. The molecule has 1 aliphatic rings. The average molecular weight is 224 g/mol. The molecule has 1 amide bonds. The summed E-state index contributed by atoms with van der Waals surface area (Å²) in [4.78, 5) is 13.1. The van der Waals surface area contributed by atoms with Crippen LogP contribution in [0.25, 0.3) is 0 Å². The van der Waals surface area contributed by atoms with Crippen molar-refractivity contribution in [2.45, 2.75) is 33.6 Å². The Hall–Kier alpha value is -0.830. The van der Waals surface area contributed by atoms with Gasteiger partial charge in [0.25, 0.3) is 0 Å². The van der Waals surface area contributed by atoms with E-state index in [2.05, 4.69) is 31.7 Å². The molecule has 3 nitrogen and oxygen atoms in total. The Morgan fingerprint density at radius 2 is 2.31 bits per heavy atom. The van der Waals surface area contributed by atoms with Gasteiger partial charge in [0.1, 0.15) is 0 Å². The summed E-state index contributed by atoms with van der Waals surface area (Å²) in [5, 5.41) is 0. The number of primary amides is 1. The van der Waals surface area contributed by atoms with Crippen LogP contribution >= 0.6 is 0 Å². The monoisotopic (exact) mass is 224 g/mol. The van der Waals surface area contributed by atoms with E-state index in [1.54, 1.807) is 0 Å². The van der Waals surface area contributed by atoms with Gasteiger partial charge in [-0.25, -0.2) is 0 Å². The molecule has 0 spiro atoms. The lowest BCUT2D eigenvalue weighted by molar-refractivity contribution is -0.119. The summed E-state index contributed by atoms with van der Waals surface area (Å²) >= 11 is 0. The van der Waals surface area contributed by atoms with Crippen molar-refractivity contribution in [2.24, 2.45) is 17.6 Å². The second kappa shape index (κ2) is 6.04. The highest BCUT2D eigenvalue weighted by molar-refractivity contribution is 5.75. The SMILES string of the molecule is CCN(CC(N)=O)C[C@@H]1C(C)=CCC[C@H]1C. The maximum Gasteiger partial charge on any atom is 0.231 e. The lowest BCUT2D eigenvalue weighted by Crippen LogP contribution is -2.39. The standard InChI is InChI=1S/C13H24N2O/c1-4-15(9-13(14)16)8-12-10(2)6-5-7-11(12)3/h6,11-12H,4-5,7-9H2,1-3H3,(H2,14,16)/t11-,12-/m1/s1. The third-order valence-corrected chi connectivity index (χ3v) is 3.64. The molecule has 0 aliphatic heterocycles. The van der Waals surface area contributed by atoms with Crippen LogP contribution in [-0.4, -0.2) is 30.4 Å². The summed E-state index contributed by atoms with van der Waals surface area (Å²) in [5.41, 5.74) is 6.72. The fourth-order valence-electron chi connectivity index (χ4n) is 2.50. The Morgan fingerprint density at radius 3 is 2.81 bits per heavy atom. The van der Waals surface area contributed by atoms with E-state index in [4.69, 9.17) is 5.73 Å². The van der Waals surface area contributed by atoms with Crippen LogP contribution in [0.1, 0.15) is 33.6 Å². The molecule has 2 N–H and O–H groups in total. The predicted octanol–water partition coefficient (Wildman–Crippen LogP) is 1.79. The van der Waals surface area contributed by atoms with E-state index in [0.717, 1.165) is 13.1 Å². The molecule has 92 valence electrons. The van der Waals surface area contributed by atoms with Gasteiger partial charge in [0.2, 0.25) is 5.91 Å². The van der Waals surface area contributed by atoms with Crippen LogP contribution in [0.4, 0.5) is 0 Å². The van der Waals surface area contributed by atoms with Gasteiger partial charge < -0.3 is 5.73 Å².